The fourth-order valence-electron chi connectivity index (χ4n) is 4.07. The van der Waals surface area contributed by atoms with Crippen molar-refractivity contribution in [3.63, 3.8) is 0 Å². The Labute approximate surface area is 147 Å². The summed E-state index contributed by atoms with van der Waals surface area (Å²) in [5.41, 5.74) is 2.93. The Bertz CT molecular complexity index is 936. The Morgan fingerprint density at radius 2 is 1.96 bits per heavy atom. The normalized spacial score (nSPS) is 18.0. The van der Waals surface area contributed by atoms with Crippen LogP contribution in [0.15, 0.2) is 36.7 Å². The Balaban J connectivity index is 1.62. The molecule has 0 bridgehead atoms. The van der Waals surface area contributed by atoms with Crippen molar-refractivity contribution in [1.29, 1.82) is 0 Å². The molecule has 1 saturated heterocycles. The molecule has 1 unspecified atom stereocenters. The van der Waals surface area contributed by atoms with Crippen LogP contribution in [-0.2, 0) is 14.1 Å². The first-order valence-corrected chi connectivity index (χ1v) is 8.88. The van der Waals surface area contributed by atoms with E-state index >= 15 is 0 Å². The molecule has 0 aliphatic carbocycles. The van der Waals surface area contributed by atoms with Crippen molar-refractivity contribution >= 4 is 16.8 Å². The van der Waals surface area contributed by atoms with Gasteiger partial charge in [0.15, 0.2) is 0 Å². The van der Waals surface area contributed by atoms with Crippen LogP contribution in [-0.4, -0.2) is 38.0 Å². The van der Waals surface area contributed by atoms with E-state index in [0.29, 0.717) is 5.92 Å². The lowest BCUT2D eigenvalue weighted by molar-refractivity contribution is 0.0705. The van der Waals surface area contributed by atoms with Gasteiger partial charge < -0.3 is 14.0 Å². The number of hydrogen-bond donors (Lipinski definition) is 0. The van der Waals surface area contributed by atoms with Crippen molar-refractivity contribution < 1.29 is 4.79 Å². The molecular formula is C20H24N4O. The van der Waals surface area contributed by atoms with Crippen LogP contribution in [0.25, 0.3) is 10.9 Å². The number of nitrogens with zero attached hydrogens (tertiary/aromatic N) is 4. The van der Waals surface area contributed by atoms with Crippen molar-refractivity contribution in [1.82, 2.24) is 19.0 Å². The average Bonchev–Trinajstić information content (AvgIpc) is 3.14. The van der Waals surface area contributed by atoms with Gasteiger partial charge in [0.2, 0.25) is 0 Å². The van der Waals surface area contributed by atoms with Gasteiger partial charge in [-0.1, -0.05) is 18.2 Å². The summed E-state index contributed by atoms with van der Waals surface area (Å²) in [5, 5.41) is 1.03. The van der Waals surface area contributed by atoms with Crippen molar-refractivity contribution in [3.05, 3.63) is 53.7 Å². The number of para-hydroxylation sites is 1. The highest BCUT2D eigenvalue weighted by Gasteiger charge is 2.29. The van der Waals surface area contributed by atoms with Gasteiger partial charge in [-0.05, 0) is 25.8 Å². The molecule has 130 valence electrons. The highest BCUT2D eigenvalue weighted by atomic mass is 16.2. The van der Waals surface area contributed by atoms with Crippen molar-refractivity contribution in [2.45, 2.75) is 25.7 Å². The second-order valence-corrected chi connectivity index (χ2v) is 7.11. The van der Waals surface area contributed by atoms with Gasteiger partial charge in [0, 0.05) is 56.4 Å². The molecule has 1 atom stereocenters. The SMILES string of the molecule is Cc1cn(C)c(C2CCCN(C(=O)c3cn(C)c4ccccc34)C2)n1. The molecule has 3 aromatic rings. The summed E-state index contributed by atoms with van der Waals surface area (Å²) < 4.78 is 4.14. The number of aromatic nitrogens is 3. The molecule has 1 aromatic carbocycles. The molecule has 5 nitrogen and oxygen atoms in total. The van der Waals surface area contributed by atoms with Crippen LogP contribution in [0.5, 0.6) is 0 Å². The number of benzene rings is 1. The van der Waals surface area contributed by atoms with Gasteiger partial charge in [0.25, 0.3) is 5.91 Å². The van der Waals surface area contributed by atoms with E-state index in [1.807, 2.05) is 54.9 Å². The maximum absolute atomic E-state index is 13.2. The number of piperidine rings is 1. The molecule has 1 fully saturated rings. The summed E-state index contributed by atoms with van der Waals surface area (Å²) >= 11 is 0. The van der Waals surface area contributed by atoms with Crippen molar-refractivity contribution in [2.75, 3.05) is 13.1 Å². The molecule has 0 radical (unpaired) electrons. The molecule has 3 heterocycles. The maximum Gasteiger partial charge on any atom is 0.256 e. The molecule has 5 heteroatoms. The summed E-state index contributed by atoms with van der Waals surface area (Å²) in [6.07, 6.45) is 6.12. The van der Waals surface area contributed by atoms with Gasteiger partial charge in [-0.3, -0.25) is 4.79 Å². The van der Waals surface area contributed by atoms with E-state index < -0.39 is 0 Å². The van der Waals surface area contributed by atoms with Crippen LogP contribution in [0, 0.1) is 6.92 Å². The zero-order valence-electron chi connectivity index (χ0n) is 15.1. The highest BCUT2D eigenvalue weighted by Crippen LogP contribution is 2.29. The monoisotopic (exact) mass is 336 g/mol. The lowest BCUT2D eigenvalue weighted by Crippen LogP contribution is -2.39. The third kappa shape index (κ3) is 2.73. The van der Waals surface area contributed by atoms with E-state index in [2.05, 4.69) is 21.8 Å². The van der Waals surface area contributed by atoms with Gasteiger partial charge in [-0.2, -0.15) is 0 Å². The maximum atomic E-state index is 13.2. The fourth-order valence-corrected chi connectivity index (χ4v) is 4.07. The van der Waals surface area contributed by atoms with Crippen LogP contribution in [0.1, 0.15) is 40.6 Å². The number of fused-ring (bicyclic) bond motifs is 1. The van der Waals surface area contributed by atoms with E-state index in [1.165, 1.54) is 0 Å². The summed E-state index contributed by atoms with van der Waals surface area (Å²) in [5.74, 6) is 1.53. The first kappa shape index (κ1) is 15.9. The Kier molecular flexibility index (Phi) is 3.86. The predicted octanol–water partition coefficient (Wildman–Crippen LogP) is 3.24. The van der Waals surface area contributed by atoms with E-state index in [1.54, 1.807) is 0 Å². The summed E-state index contributed by atoms with van der Waals surface area (Å²) in [6.45, 7) is 3.58. The second kappa shape index (κ2) is 6.06. The zero-order chi connectivity index (χ0) is 17.6. The zero-order valence-corrected chi connectivity index (χ0v) is 15.1. The van der Waals surface area contributed by atoms with E-state index in [0.717, 1.165) is 53.9 Å². The van der Waals surface area contributed by atoms with Crippen molar-refractivity contribution in [3.8, 4) is 0 Å². The average molecular weight is 336 g/mol. The molecule has 0 N–H and O–H groups in total. The highest BCUT2D eigenvalue weighted by molar-refractivity contribution is 6.07. The molecule has 1 aliphatic rings. The molecule has 1 amide bonds. The smallest absolute Gasteiger partial charge is 0.256 e. The predicted molar refractivity (Wildman–Crippen MR) is 98.7 cm³/mol. The summed E-state index contributed by atoms with van der Waals surface area (Å²) in [7, 11) is 4.04. The first-order chi connectivity index (χ1) is 12.0. The van der Waals surface area contributed by atoms with Gasteiger partial charge in [0.05, 0.1) is 11.3 Å². The number of amides is 1. The minimum Gasteiger partial charge on any atom is -0.350 e. The van der Waals surface area contributed by atoms with E-state index in [4.69, 9.17) is 0 Å². The van der Waals surface area contributed by atoms with Gasteiger partial charge in [-0.15, -0.1) is 0 Å². The number of aryl methyl sites for hydroxylation is 3. The lowest BCUT2D eigenvalue weighted by atomic mass is 9.96. The quantitative estimate of drug-likeness (QED) is 0.721. The standard InChI is InChI=1S/C20H24N4O/c1-14-11-23(3)19(21-14)15-7-6-10-24(12-15)20(25)17-13-22(2)18-9-5-4-8-16(17)18/h4-5,8-9,11,13,15H,6-7,10,12H2,1-3H3. The first-order valence-electron chi connectivity index (χ1n) is 8.88. The Morgan fingerprint density at radius 1 is 1.16 bits per heavy atom. The molecule has 25 heavy (non-hydrogen) atoms. The van der Waals surface area contributed by atoms with Crippen LogP contribution in [0.4, 0.5) is 0 Å². The third-order valence-electron chi connectivity index (χ3n) is 5.23. The molecule has 0 saturated carbocycles. The largest absolute Gasteiger partial charge is 0.350 e. The van der Waals surface area contributed by atoms with E-state index in [9.17, 15) is 4.79 Å². The minimum atomic E-state index is 0.132. The minimum absolute atomic E-state index is 0.132. The van der Waals surface area contributed by atoms with Crippen LogP contribution in [0.2, 0.25) is 0 Å². The third-order valence-corrected chi connectivity index (χ3v) is 5.23. The van der Waals surface area contributed by atoms with Crippen LogP contribution in [0.3, 0.4) is 0 Å². The molecule has 4 rings (SSSR count). The van der Waals surface area contributed by atoms with Crippen LogP contribution < -0.4 is 0 Å². The molecular weight excluding hydrogens is 312 g/mol. The number of rotatable bonds is 2. The number of hydrogen-bond acceptors (Lipinski definition) is 2. The van der Waals surface area contributed by atoms with Gasteiger partial charge in [0.1, 0.15) is 5.82 Å². The number of carbonyl (C=O) groups is 1. The molecule has 1 aliphatic heterocycles. The molecule has 2 aromatic heterocycles. The fraction of sp³-hybridized carbons (Fsp3) is 0.400. The van der Waals surface area contributed by atoms with E-state index in [-0.39, 0.29) is 5.91 Å². The number of likely N-dealkylation sites (tertiary alicyclic amines) is 1. The van der Waals surface area contributed by atoms with Gasteiger partial charge >= 0.3 is 0 Å². The van der Waals surface area contributed by atoms with Crippen molar-refractivity contribution in [2.24, 2.45) is 14.1 Å². The van der Waals surface area contributed by atoms with Crippen LogP contribution >= 0.6 is 0 Å². The summed E-state index contributed by atoms with van der Waals surface area (Å²) in [4.78, 5) is 19.9. The number of imidazole rings is 1. The summed E-state index contributed by atoms with van der Waals surface area (Å²) in [6, 6.07) is 8.10. The molecule has 0 spiro atoms. The Morgan fingerprint density at radius 3 is 2.72 bits per heavy atom. The topological polar surface area (TPSA) is 43.1 Å². The second-order valence-electron chi connectivity index (χ2n) is 7.11. The Hall–Kier alpha value is -2.56. The van der Waals surface area contributed by atoms with Gasteiger partial charge in [-0.25, -0.2) is 4.98 Å². The number of carbonyl (C=O) groups excluding carboxylic acids is 1. The lowest BCUT2D eigenvalue weighted by Gasteiger charge is -2.32.